The summed E-state index contributed by atoms with van der Waals surface area (Å²) in [5, 5.41) is 0.457. The van der Waals surface area contributed by atoms with Crippen molar-refractivity contribution in [2.75, 3.05) is 32.7 Å². The Hall–Kier alpha value is -0.600. The SMILES string of the molecule is CCN(CC)C(N)=NCC(c1c(F)cccc1Cl)N1CCCC1.I. The third-order valence-electron chi connectivity index (χ3n) is 4.43. The number of aliphatic imine (C=N–C) groups is 1. The molecular formula is C17H27ClFIN4. The van der Waals surface area contributed by atoms with E-state index in [0.29, 0.717) is 23.1 Å². The lowest BCUT2D eigenvalue weighted by Gasteiger charge is -2.28. The molecule has 136 valence electrons. The molecule has 1 unspecified atom stereocenters. The van der Waals surface area contributed by atoms with Crippen LogP contribution in [0.2, 0.25) is 5.02 Å². The van der Waals surface area contributed by atoms with Gasteiger partial charge in [0.1, 0.15) is 5.82 Å². The second kappa shape index (κ2) is 10.4. The first-order valence-electron chi connectivity index (χ1n) is 8.31. The van der Waals surface area contributed by atoms with Crippen molar-refractivity contribution in [2.45, 2.75) is 32.7 Å². The van der Waals surface area contributed by atoms with Crippen molar-refractivity contribution in [3.63, 3.8) is 0 Å². The van der Waals surface area contributed by atoms with Crippen LogP contribution in [0.1, 0.15) is 38.3 Å². The summed E-state index contributed by atoms with van der Waals surface area (Å²) in [4.78, 5) is 8.77. The highest BCUT2D eigenvalue weighted by Gasteiger charge is 2.27. The first-order chi connectivity index (χ1) is 11.1. The highest BCUT2D eigenvalue weighted by Crippen LogP contribution is 2.32. The van der Waals surface area contributed by atoms with Gasteiger partial charge in [0.25, 0.3) is 0 Å². The van der Waals surface area contributed by atoms with Crippen LogP contribution in [-0.4, -0.2) is 48.5 Å². The fraction of sp³-hybridized carbons (Fsp3) is 0.588. The van der Waals surface area contributed by atoms with E-state index in [1.54, 1.807) is 12.1 Å². The molecule has 4 nitrogen and oxygen atoms in total. The molecule has 1 fully saturated rings. The molecule has 1 saturated heterocycles. The van der Waals surface area contributed by atoms with E-state index in [-0.39, 0.29) is 35.8 Å². The Kier molecular flexibility index (Phi) is 9.30. The molecule has 0 aliphatic carbocycles. The summed E-state index contributed by atoms with van der Waals surface area (Å²) in [6.07, 6.45) is 2.25. The second-order valence-corrected chi connectivity index (χ2v) is 6.17. The van der Waals surface area contributed by atoms with Gasteiger partial charge in [-0.05, 0) is 51.9 Å². The number of nitrogens with two attached hydrogens (primary N) is 1. The summed E-state index contributed by atoms with van der Waals surface area (Å²) in [5.74, 6) is 0.234. The fourth-order valence-electron chi connectivity index (χ4n) is 3.10. The van der Waals surface area contributed by atoms with Crippen molar-refractivity contribution < 1.29 is 4.39 Å². The molecule has 0 saturated carbocycles. The van der Waals surface area contributed by atoms with Crippen LogP contribution in [0.4, 0.5) is 4.39 Å². The molecule has 0 spiro atoms. The Morgan fingerprint density at radius 3 is 2.50 bits per heavy atom. The van der Waals surface area contributed by atoms with Gasteiger partial charge in [-0.25, -0.2) is 4.39 Å². The van der Waals surface area contributed by atoms with Crippen molar-refractivity contribution in [3.05, 3.63) is 34.6 Å². The minimum Gasteiger partial charge on any atom is -0.370 e. The summed E-state index contributed by atoms with van der Waals surface area (Å²) in [5.41, 5.74) is 6.61. The number of likely N-dealkylation sites (tertiary alicyclic amines) is 1. The average Bonchev–Trinajstić information content (AvgIpc) is 3.05. The van der Waals surface area contributed by atoms with Crippen molar-refractivity contribution in [1.82, 2.24) is 9.80 Å². The first kappa shape index (κ1) is 21.4. The summed E-state index contributed by atoms with van der Waals surface area (Å²) in [7, 11) is 0. The molecule has 2 N–H and O–H groups in total. The van der Waals surface area contributed by atoms with E-state index in [1.165, 1.54) is 6.07 Å². The third-order valence-corrected chi connectivity index (χ3v) is 4.76. The van der Waals surface area contributed by atoms with Crippen molar-refractivity contribution in [3.8, 4) is 0 Å². The van der Waals surface area contributed by atoms with Crippen LogP contribution >= 0.6 is 35.6 Å². The molecule has 0 aromatic heterocycles. The molecule has 1 atom stereocenters. The summed E-state index contributed by atoms with van der Waals surface area (Å²) in [6, 6.07) is 4.66. The summed E-state index contributed by atoms with van der Waals surface area (Å²) >= 11 is 6.28. The number of rotatable bonds is 6. The molecule has 1 aromatic carbocycles. The van der Waals surface area contributed by atoms with Gasteiger partial charge >= 0.3 is 0 Å². The molecule has 24 heavy (non-hydrogen) atoms. The predicted octanol–water partition coefficient (Wildman–Crippen LogP) is 3.89. The van der Waals surface area contributed by atoms with E-state index in [9.17, 15) is 4.39 Å². The topological polar surface area (TPSA) is 44.9 Å². The number of hydrogen-bond donors (Lipinski definition) is 1. The van der Waals surface area contributed by atoms with Crippen LogP contribution in [0.5, 0.6) is 0 Å². The highest BCUT2D eigenvalue weighted by atomic mass is 127. The molecule has 1 aliphatic heterocycles. The second-order valence-electron chi connectivity index (χ2n) is 5.77. The molecule has 0 bridgehead atoms. The van der Waals surface area contributed by atoms with E-state index in [1.807, 2.05) is 18.7 Å². The van der Waals surface area contributed by atoms with Crippen molar-refractivity contribution in [1.29, 1.82) is 0 Å². The maximum absolute atomic E-state index is 14.4. The van der Waals surface area contributed by atoms with Crippen LogP contribution in [-0.2, 0) is 0 Å². The molecule has 0 radical (unpaired) electrons. The lowest BCUT2D eigenvalue weighted by Crippen LogP contribution is -2.38. The molecule has 7 heteroatoms. The predicted molar refractivity (Wildman–Crippen MR) is 110 cm³/mol. The monoisotopic (exact) mass is 468 g/mol. The van der Waals surface area contributed by atoms with E-state index in [2.05, 4.69) is 9.89 Å². The quantitative estimate of drug-likeness (QED) is 0.391. The Bertz CT molecular complexity index is 525. The highest BCUT2D eigenvalue weighted by molar-refractivity contribution is 14.0. The van der Waals surface area contributed by atoms with Gasteiger partial charge in [-0.2, -0.15) is 0 Å². The first-order valence-corrected chi connectivity index (χ1v) is 8.69. The number of hydrogen-bond acceptors (Lipinski definition) is 2. The maximum Gasteiger partial charge on any atom is 0.191 e. The number of nitrogens with zero attached hydrogens (tertiary/aromatic N) is 3. The smallest absolute Gasteiger partial charge is 0.191 e. The maximum atomic E-state index is 14.4. The van der Waals surface area contributed by atoms with E-state index < -0.39 is 0 Å². The Labute approximate surface area is 166 Å². The zero-order valence-electron chi connectivity index (χ0n) is 14.3. The normalized spacial score (nSPS) is 16.8. The average molecular weight is 469 g/mol. The lowest BCUT2D eigenvalue weighted by molar-refractivity contribution is 0.246. The molecular weight excluding hydrogens is 442 g/mol. The Morgan fingerprint density at radius 2 is 1.96 bits per heavy atom. The number of guanidine groups is 1. The number of halogens is 3. The van der Waals surface area contributed by atoms with Gasteiger partial charge in [0, 0.05) is 23.7 Å². The van der Waals surface area contributed by atoms with E-state index in [4.69, 9.17) is 17.3 Å². The van der Waals surface area contributed by atoms with Crippen LogP contribution < -0.4 is 5.73 Å². The summed E-state index contributed by atoms with van der Waals surface area (Å²) < 4.78 is 14.4. The minimum absolute atomic E-state index is 0. The molecule has 1 aliphatic rings. The van der Waals surface area contributed by atoms with Gasteiger partial charge in [0.2, 0.25) is 0 Å². The van der Waals surface area contributed by atoms with Gasteiger partial charge in [-0.1, -0.05) is 17.7 Å². The Morgan fingerprint density at radius 1 is 1.33 bits per heavy atom. The Balaban J connectivity index is 0.00000288. The van der Waals surface area contributed by atoms with Gasteiger partial charge < -0.3 is 10.6 Å². The zero-order chi connectivity index (χ0) is 16.8. The lowest BCUT2D eigenvalue weighted by atomic mass is 10.0. The van der Waals surface area contributed by atoms with Crippen LogP contribution in [0.3, 0.4) is 0 Å². The van der Waals surface area contributed by atoms with Gasteiger partial charge in [0.15, 0.2) is 5.96 Å². The minimum atomic E-state index is -0.272. The third kappa shape index (κ3) is 5.20. The standard InChI is InChI=1S/C17H26ClFN4.HI/c1-3-22(4-2)17(20)21-12-15(23-10-5-6-11-23)16-13(18)8-7-9-14(16)19;/h7-9,15H,3-6,10-12H2,1-2H3,(H2,20,21);1H. The van der Waals surface area contributed by atoms with Gasteiger partial charge in [-0.15, -0.1) is 24.0 Å². The van der Waals surface area contributed by atoms with Crippen LogP contribution in [0.15, 0.2) is 23.2 Å². The molecule has 2 rings (SSSR count). The van der Waals surface area contributed by atoms with Gasteiger partial charge in [0.05, 0.1) is 12.6 Å². The molecule has 1 aromatic rings. The molecule has 1 heterocycles. The fourth-order valence-corrected chi connectivity index (χ4v) is 3.39. The van der Waals surface area contributed by atoms with Crippen molar-refractivity contribution >= 4 is 41.5 Å². The van der Waals surface area contributed by atoms with Crippen LogP contribution in [0, 0.1) is 5.82 Å². The zero-order valence-corrected chi connectivity index (χ0v) is 17.4. The van der Waals surface area contributed by atoms with Gasteiger partial charge in [-0.3, -0.25) is 9.89 Å². The molecule has 0 amide bonds. The van der Waals surface area contributed by atoms with E-state index in [0.717, 1.165) is 39.0 Å². The van der Waals surface area contributed by atoms with E-state index >= 15 is 0 Å². The van der Waals surface area contributed by atoms with Crippen LogP contribution in [0.25, 0.3) is 0 Å². The summed E-state index contributed by atoms with van der Waals surface area (Å²) in [6.45, 7) is 7.99. The largest absolute Gasteiger partial charge is 0.370 e. The van der Waals surface area contributed by atoms with Crippen molar-refractivity contribution in [2.24, 2.45) is 10.7 Å². The number of benzene rings is 1.